The number of anilines is 1. The molecule has 2 aromatic carbocycles. The van der Waals surface area contributed by atoms with Crippen molar-refractivity contribution in [3.05, 3.63) is 76.3 Å². The summed E-state index contributed by atoms with van der Waals surface area (Å²) in [6.07, 6.45) is 3.95. The summed E-state index contributed by atoms with van der Waals surface area (Å²) in [5.41, 5.74) is 4.27. The summed E-state index contributed by atoms with van der Waals surface area (Å²) in [4.78, 5) is 28.8. The summed E-state index contributed by atoms with van der Waals surface area (Å²) >= 11 is 6.46. The normalized spacial score (nSPS) is 20.9. The largest absolute Gasteiger partial charge is 0.374 e. The number of benzene rings is 2. The zero-order valence-electron chi connectivity index (χ0n) is 18.1. The average Bonchev–Trinajstić information content (AvgIpc) is 3.14. The molecule has 2 aliphatic rings. The predicted molar refractivity (Wildman–Crippen MR) is 125 cm³/mol. The molecule has 0 unspecified atom stereocenters. The molecule has 5 nitrogen and oxygen atoms in total. The van der Waals surface area contributed by atoms with Crippen LogP contribution in [-0.4, -0.2) is 48.3 Å². The van der Waals surface area contributed by atoms with Gasteiger partial charge in [-0.2, -0.15) is 0 Å². The van der Waals surface area contributed by atoms with E-state index in [2.05, 4.69) is 24.0 Å². The smallest absolute Gasteiger partial charge is 0.253 e. The van der Waals surface area contributed by atoms with Crippen LogP contribution in [0.15, 0.2) is 49.1 Å². The van der Waals surface area contributed by atoms with E-state index in [9.17, 15) is 9.59 Å². The summed E-state index contributed by atoms with van der Waals surface area (Å²) in [5, 5.41) is 4.40. The summed E-state index contributed by atoms with van der Waals surface area (Å²) in [7, 11) is 1.85. The van der Waals surface area contributed by atoms with E-state index in [-0.39, 0.29) is 11.8 Å². The van der Waals surface area contributed by atoms with Crippen LogP contribution >= 0.6 is 11.6 Å². The number of carbonyl (C=O) groups is 2. The first-order valence-corrected chi connectivity index (χ1v) is 11.1. The molecule has 0 saturated carbocycles. The van der Waals surface area contributed by atoms with Gasteiger partial charge in [-0.25, -0.2) is 0 Å². The molecule has 1 atom stereocenters. The van der Waals surface area contributed by atoms with Crippen molar-refractivity contribution in [3.63, 3.8) is 0 Å². The number of aryl methyl sites for hydroxylation is 1. The molecule has 4 rings (SSSR count). The van der Waals surface area contributed by atoms with E-state index in [1.165, 1.54) is 6.08 Å². The van der Waals surface area contributed by atoms with E-state index in [4.69, 9.17) is 11.6 Å². The lowest BCUT2D eigenvalue weighted by Crippen LogP contribution is -2.40. The molecule has 0 bridgehead atoms. The molecule has 6 heteroatoms. The Morgan fingerprint density at radius 3 is 2.84 bits per heavy atom. The number of likely N-dealkylation sites (tertiary alicyclic amines) is 1. The molecule has 0 spiro atoms. The van der Waals surface area contributed by atoms with Crippen LogP contribution in [0.3, 0.4) is 0 Å². The molecule has 31 heavy (non-hydrogen) atoms. The molecule has 1 fully saturated rings. The van der Waals surface area contributed by atoms with Crippen molar-refractivity contribution in [3.8, 4) is 0 Å². The van der Waals surface area contributed by atoms with E-state index >= 15 is 0 Å². The molecular weight excluding hydrogens is 410 g/mol. The molecule has 2 heterocycles. The second kappa shape index (κ2) is 8.39. The summed E-state index contributed by atoms with van der Waals surface area (Å²) in [5.74, 6) is -0.0268. The van der Waals surface area contributed by atoms with Crippen molar-refractivity contribution in [2.24, 2.45) is 0 Å². The Morgan fingerprint density at radius 1 is 1.26 bits per heavy atom. The zero-order valence-corrected chi connectivity index (χ0v) is 18.8. The van der Waals surface area contributed by atoms with E-state index in [0.717, 1.165) is 53.7 Å². The van der Waals surface area contributed by atoms with Gasteiger partial charge in [-0.15, -0.1) is 0 Å². The number of hydrogen-bond donors (Lipinski definition) is 1. The SMILES string of the molecule is C=CC(=O)N1CC[C@](Nc2ccc3c(c2)C(=O)N(C)CCC3)(c2cccc(Cl)c2C)C1. The molecule has 2 aromatic rings. The Labute approximate surface area is 188 Å². The predicted octanol–water partition coefficient (Wildman–Crippen LogP) is 4.39. The lowest BCUT2D eigenvalue weighted by Gasteiger charge is -2.34. The minimum absolute atomic E-state index is 0.0546. The highest BCUT2D eigenvalue weighted by molar-refractivity contribution is 6.31. The minimum Gasteiger partial charge on any atom is -0.374 e. The van der Waals surface area contributed by atoms with Gasteiger partial charge in [0.15, 0.2) is 0 Å². The van der Waals surface area contributed by atoms with Crippen molar-refractivity contribution >= 4 is 29.1 Å². The third kappa shape index (κ3) is 3.94. The molecule has 1 saturated heterocycles. The standard InChI is InChI=1S/C25H28ClN3O2/c1-4-23(30)29-14-12-25(16-29,21-8-5-9-22(26)17(21)2)27-19-11-10-18-7-6-13-28(3)24(31)20(18)15-19/h4-5,8-11,15,27H,1,6-7,12-14,16H2,2-3H3/t25-/m1/s1. The van der Waals surface area contributed by atoms with Gasteiger partial charge >= 0.3 is 0 Å². The molecule has 1 N–H and O–H groups in total. The number of nitrogens with one attached hydrogen (secondary N) is 1. The molecule has 2 aliphatic heterocycles. The van der Waals surface area contributed by atoms with Gasteiger partial charge in [0.2, 0.25) is 5.91 Å². The van der Waals surface area contributed by atoms with E-state index in [0.29, 0.717) is 18.1 Å². The quantitative estimate of drug-likeness (QED) is 0.721. The Bertz CT molecular complexity index is 1050. The van der Waals surface area contributed by atoms with E-state index in [1.807, 2.05) is 43.1 Å². The molecular formula is C25H28ClN3O2. The first-order chi connectivity index (χ1) is 14.8. The number of fused-ring (bicyclic) bond motifs is 1. The highest BCUT2D eigenvalue weighted by Gasteiger charge is 2.42. The topological polar surface area (TPSA) is 52.7 Å². The number of hydrogen-bond acceptors (Lipinski definition) is 3. The fraction of sp³-hybridized carbons (Fsp3) is 0.360. The molecule has 162 valence electrons. The maximum Gasteiger partial charge on any atom is 0.253 e. The number of nitrogens with zero attached hydrogens (tertiary/aromatic N) is 2. The maximum atomic E-state index is 12.9. The second-order valence-electron chi connectivity index (χ2n) is 8.54. The monoisotopic (exact) mass is 437 g/mol. The van der Waals surface area contributed by atoms with Crippen LogP contribution < -0.4 is 5.32 Å². The van der Waals surface area contributed by atoms with Crippen LogP contribution in [0.2, 0.25) is 5.02 Å². The van der Waals surface area contributed by atoms with Gasteiger partial charge in [0.05, 0.1) is 5.54 Å². The fourth-order valence-electron chi connectivity index (χ4n) is 4.80. The lowest BCUT2D eigenvalue weighted by atomic mass is 9.85. The Morgan fingerprint density at radius 2 is 2.06 bits per heavy atom. The third-order valence-electron chi connectivity index (χ3n) is 6.55. The molecule has 2 amide bonds. The number of rotatable bonds is 4. The number of carbonyl (C=O) groups excluding carboxylic acids is 2. The number of halogens is 1. The Hall–Kier alpha value is -2.79. The van der Waals surface area contributed by atoms with Crippen LogP contribution in [0, 0.1) is 6.92 Å². The van der Waals surface area contributed by atoms with Crippen molar-refractivity contribution < 1.29 is 9.59 Å². The van der Waals surface area contributed by atoms with Gasteiger partial charge < -0.3 is 15.1 Å². The van der Waals surface area contributed by atoms with Crippen molar-refractivity contribution in [1.82, 2.24) is 9.80 Å². The van der Waals surface area contributed by atoms with Gasteiger partial charge in [-0.05, 0) is 67.2 Å². The van der Waals surface area contributed by atoms with Crippen LogP contribution in [0.5, 0.6) is 0 Å². The van der Waals surface area contributed by atoms with Crippen molar-refractivity contribution in [1.29, 1.82) is 0 Å². The summed E-state index contributed by atoms with van der Waals surface area (Å²) in [6.45, 7) is 7.54. The number of amides is 2. The van der Waals surface area contributed by atoms with Crippen molar-refractivity contribution in [2.75, 3.05) is 32.0 Å². The van der Waals surface area contributed by atoms with Crippen LogP contribution in [0.1, 0.15) is 39.9 Å². The summed E-state index contributed by atoms with van der Waals surface area (Å²) < 4.78 is 0. The van der Waals surface area contributed by atoms with E-state index in [1.54, 1.807) is 4.90 Å². The van der Waals surface area contributed by atoms with Crippen LogP contribution in [-0.2, 0) is 16.8 Å². The molecule has 0 aromatic heterocycles. The first kappa shape index (κ1) is 21.4. The van der Waals surface area contributed by atoms with Gasteiger partial charge in [0, 0.05) is 43.0 Å². The zero-order chi connectivity index (χ0) is 22.2. The highest BCUT2D eigenvalue weighted by atomic mass is 35.5. The first-order valence-electron chi connectivity index (χ1n) is 10.7. The second-order valence-corrected chi connectivity index (χ2v) is 8.94. The molecule has 0 radical (unpaired) electrons. The third-order valence-corrected chi connectivity index (χ3v) is 6.96. The maximum absolute atomic E-state index is 12.9. The van der Waals surface area contributed by atoms with Gasteiger partial charge in [-0.3, -0.25) is 9.59 Å². The van der Waals surface area contributed by atoms with Crippen LogP contribution in [0.4, 0.5) is 5.69 Å². The highest BCUT2D eigenvalue weighted by Crippen LogP contribution is 2.39. The lowest BCUT2D eigenvalue weighted by molar-refractivity contribution is -0.125. The van der Waals surface area contributed by atoms with Gasteiger partial charge in [0.1, 0.15) is 0 Å². The molecule has 0 aliphatic carbocycles. The fourth-order valence-corrected chi connectivity index (χ4v) is 4.98. The van der Waals surface area contributed by atoms with Gasteiger partial charge in [0.25, 0.3) is 5.91 Å². The minimum atomic E-state index is -0.498. The Balaban J connectivity index is 1.75. The Kier molecular flexibility index (Phi) is 5.80. The van der Waals surface area contributed by atoms with Gasteiger partial charge in [-0.1, -0.05) is 36.4 Å². The van der Waals surface area contributed by atoms with Crippen molar-refractivity contribution in [2.45, 2.75) is 31.7 Å². The summed E-state index contributed by atoms with van der Waals surface area (Å²) in [6, 6.07) is 11.9. The van der Waals surface area contributed by atoms with Crippen LogP contribution in [0.25, 0.3) is 0 Å². The average molecular weight is 438 g/mol. The van der Waals surface area contributed by atoms with E-state index < -0.39 is 5.54 Å².